The van der Waals surface area contributed by atoms with Gasteiger partial charge >= 0.3 is 0 Å². The fraction of sp³-hybridized carbons (Fsp3) is 0.750. The molecule has 1 aromatic rings. The number of rotatable bonds is 4. The topological polar surface area (TPSA) is 52.0 Å². The van der Waals surface area contributed by atoms with Crippen LogP contribution in [-0.2, 0) is 6.42 Å². The molecule has 0 atom stereocenters. The van der Waals surface area contributed by atoms with Crippen LogP contribution in [0.15, 0.2) is 10.7 Å². The molecule has 1 heterocycles. The van der Waals surface area contributed by atoms with Crippen molar-refractivity contribution in [3.05, 3.63) is 17.8 Å². The van der Waals surface area contributed by atoms with E-state index in [4.69, 9.17) is 10.2 Å². The monoisotopic (exact) mass is 208 g/mol. The van der Waals surface area contributed by atoms with Crippen molar-refractivity contribution < 1.29 is 4.42 Å². The molecule has 2 rings (SSSR count). The summed E-state index contributed by atoms with van der Waals surface area (Å²) in [4.78, 5) is 4.55. The smallest absolute Gasteiger partial charge is 0.197 e. The van der Waals surface area contributed by atoms with Crippen molar-refractivity contribution in [1.82, 2.24) is 4.98 Å². The average molecular weight is 208 g/mol. The van der Waals surface area contributed by atoms with Crippen molar-refractivity contribution in [2.24, 2.45) is 5.73 Å². The highest BCUT2D eigenvalue weighted by molar-refractivity contribution is 5.01. The maximum atomic E-state index is 5.55. The number of aryl methyl sites for hydroxylation is 1. The van der Waals surface area contributed by atoms with Crippen molar-refractivity contribution in [3.63, 3.8) is 0 Å². The van der Waals surface area contributed by atoms with Crippen LogP contribution in [0.25, 0.3) is 0 Å². The van der Waals surface area contributed by atoms with Crippen LogP contribution in [0.1, 0.15) is 56.0 Å². The van der Waals surface area contributed by atoms with Gasteiger partial charge in [-0.3, -0.25) is 0 Å². The molecule has 1 saturated carbocycles. The summed E-state index contributed by atoms with van der Waals surface area (Å²) in [6, 6.07) is 0. The molecule has 84 valence electrons. The molecule has 0 radical (unpaired) electrons. The second-order valence-corrected chi connectivity index (χ2v) is 4.40. The zero-order valence-electron chi connectivity index (χ0n) is 9.24. The van der Waals surface area contributed by atoms with Gasteiger partial charge in [0.25, 0.3) is 0 Å². The predicted molar refractivity (Wildman–Crippen MR) is 59.7 cm³/mol. The highest BCUT2D eigenvalue weighted by atomic mass is 16.3. The number of nitrogens with two attached hydrogens (primary N) is 1. The first-order chi connectivity index (χ1) is 7.40. The van der Waals surface area contributed by atoms with Crippen LogP contribution < -0.4 is 5.73 Å². The summed E-state index contributed by atoms with van der Waals surface area (Å²) in [6.07, 6.45) is 10.3. The SMILES string of the molecule is NCCCc1coc(C2CCCCC2)n1. The number of oxazole rings is 1. The van der Waals surface area contributed by atoms with Crippen LogP contribution >= 0.6 is 0 Å². The Morgan fingerprint density at radius 3 is 2.87 bits per heavy atom. The molecule has 3 nitrogen and oxygen atoms in total. The van der Waals surface area contributed by atoms with Gasteiger partial charge < -0.3 is 10.2 Å². The van der Waals surface area contributed by atoms with E-state index in [1.165, 1.54) is 32.1 Å². The summed E-state index contributed by atoms with van der Waals surface area (Å²) in [5.41, 5.74) is 6.54. The first-order valence-electron chi connectivity index (χ1n) is 6.04. The van der Waals surface area contributed by atoms with Gasteiger partial charge in [0.1, 0.15) is 6.26 Å². The second kappa shape index (κ2) is 5.31. The van der Waals surface area contributed by atoms with Crippen molar-refractivity contribution in [1.29, 1.82) is 0 Å². The standard InChI is InChI=1S/C12H20N2O/c13-8-4-7-11-9-15-12(14-11)10-5-2-1-3-6-10/h9-10H,1-8,13H2. The number of aromatic nitrogens is 1. The molecule has 0 bridgehead atoms. The summed E-state index contributed by atoms with van der Waals surface area (Å²) in [7, 11) is 0. The van der Waals surface area contributed by atoms with Crippen LogP contribution in [0.3, 0.4) is 0 Å². The highest BCUT2D eigenvalue weighted by Crippen LogP contribution is 2.31. The Morgan fingerprint density at radius 1 is 1.33 bits per heavy atom. The van der Waals surface area contributed by atoms with Crippen molar-refractivity contribution in [2.45, 2.75) is 50.9 Å². The van der Waals surface area contributed by atoms with Gasteiger partial charge in [0.2, 0.25) is 0 Å². The Labute approximate surface area is 91.1 Å². The van der Waals surface area contributed by atoms with E-state index in [1.54, 1.807) is 6.26 Å². The maximum Gasteiger partial charge on any atom is 0.197 e. The Morgan fingerprint density at radius 2 is 2.13 bits per heavy atom. The minimum atomic E-state index is 0.574. The molecule has 0 unspecified atom stereocenters. The van der Waals surface area contributed by atoms with Gasteiger partial charge in [-0.15, -0.1) is 0 Å². The molecule has 15 heavy (non-hydrogen) atoms. The van der Waals surface area contributed by atoms with Gasteiger partial charge in [-0.05, 0) is 32.2 Å². The van der Waals surface area contributed by atoms with Crippen LogP contribution in [0.2, 0.25) is 0 Å². The third-order valence-corrected chi connectivity index (χ3v) is 3.16. The average Bonchev–Trinajstić information content (AvgIpc) is 2.76. The van der Waals surface area contributed by atoms with Crippen LogP contribution in [0.4, 0.5) is 0 Å². The van der Waals surface area contributed by atoms with Gasteiger partial charge in [0, 0.05) is 5.92 Å². The van der Waals surface area contributed by atoms with Crippen molar-refractivity contribution in [2.75, 3.05) is 6.54 Å². The minimum Gasteiger partial charge on any atom is -0.448 e. The lowest BCUT2D eigenvalue weighted by atomic mass is 9.89. The quantitative estimate of drug-likeness (QED) is 0.827. The van der Waals surface area contributed by atoms with Gasteiger partial charge in [-0.2, -0.15) is 0 Å². The summed E-state index contributed by atoms with van der Waals surface area (Å²) in [5, 5.41) is 0. The molecule has 0 spiro atoms. The molecular formula is C12H20N2O. The summed E-state index contributed by atoms with van der Waals surface area (Å²) < 4.78 is 5.55. The van der Waals surface area contributed by atoms with Gasteiger partial charge in [0.05, 0.1) is 5.69 Å². The fourth-order valence-electron chi connectivity index (χ4n) is 2.26. The fourth-order valence-corrected chi connectivity index (χ4v) is 2.26. The molecule has 0 aliphatic heterocycles. The van der Waals surface area contributed by atoms with Gasteiger partial charge in [-0.25, -0.2) is 4.98 Å². The summed E-state index contributed by atoms with van der Waals surface area (Å²) >= 11 is 0. The molecular weight excluding hydrogens is 188 g/mol. The zero-order chi connectivity index (χ0) is 10.5. The lowest BCUT2D eigenvalue weighted by Crippen LogP contribution is -2.05. The normalized spacial score (nSPS) is 18.2. The number of hydrogen-bond acceptors (Lipinski definition) is 3. The predicted octanol–water partition coefficient (Wildman–Crippen LogP) is 2.61. The Hall–Kier alpha value is -0.830. The third-order valence-electron chi connectivity index (χ3n) is 3.16. The van der Waals surface area contributed by atoms with Crippen LogP contribution in [0.5, 0.6) is 0 Å². The zero-order valence-corrected chi connectivity index (χ0v) is 9.24. The maximum absolute atomic E-state index is 5.55. The Bertz CT molecular complexity index is 290. The first kappa shape index (κ1) is 10.7. The van der Waals surface area contributed by atoms with Crippen LogP contribution in [-0.4, -0.2) is 11.5 Å². The van der Waals surface area contributed by atoms with E-state index >= 15 is 0 Å². The van der Waals surface area contributed by atoms with Crippen molar-refractivity contribution >= 4 is 0 Å². The van der Waals surface area contributed by atoms with Crippen LogP contribution in [0, 0.1) is 0 Å². The van der Waals surface area contributed by atoms with E-state index in [-0.39, 0.29) is 0 Å². The molecule has 1 aromatic heterocycles. The lowest BCUT2D eigenvalue weighted by Gasteiger charge is -2.17. The second-order valence-electron chi connectivity index (χ2n) is 4.40. The van der Waals surface area contributed by atoms with Crippen molar-refractivity contribution in [3.8, 4) is 0 Å². The summed E-state index contributed by atoms with van der Waals surface area (Å²) in [5.74, 6) is 1.53. The molecule has 1 aliphatic carbocycles. The van der Waals surface area contributed by atoms with Gasteiger partial charge in [-0.1, -0.05) is 19.3 Å². The third kappa shape index (κ3) is 2.81. The summed E-state index contributed by atoms with van der Waals surface area (Å²) in [6.45, 7) is 0.728. The Kier molecular flexibility index (Phi) is 3.78. The molecule has 0 aromatic carbocycles. The largest absolute Gasteiger partial charge is 0.448 e. The molecule has 0 amide bonds. The molecule has 0 saturated heterocycles. The lowest BCUT2D eigenvalue weighted by molar-refractivity contribution is 0.363. The van der Waals surface area contributed by atoms with E-state index < -0.39 is 0 Å². The number of hydrogen-bond donors (Lipinski definition) is 1. The van der Waals surface area contributed by atoms with Gasteiger partial charge in [0.15, 0.2) is 5.89 Å². The van der Waals surface area contributed by atoms with E-state index in [0.717, 1.165) is 31.0 Å². The molecule has 3 heteroatoms. The first-order valence-corrected chi connectivity index (χ1v) is 6.04. The van der Waals surface area contributed by atoms with E-state index in [9.17, 15) is 0 Å². The van der Waals surface area contributed by atoms with E-state index in [2.05, 4.69) is 4.98 Å². The minimum absolute atomic E-state index is 0.574. The number of nitrogens with zero attached hydrogens (tertiary/aromatic N) is 1. The van der Waals surface area contributed by atoms with E-state index in [1.807, 2.05) is 0 Å². The van der Waals surface area contributed by atoms with E-state index in [0.29, 0.717) is 5.92 Å². The molecule has 2 N–H and O–H groups in total. The molecule has 1 aliphatic rings. The Balaban J connectivity index is 1.93. The molecule has 1 fully saturated rings. The highest BCUT2D eigenvalue weighted by Gasteiger charge is 2.19.